The molecule has 0 unspecified atom stereocenters. The molecule has 0 aliphatic carbocycles. The number of nitrogens with zero attached hydrogens (tertiary/aromatic N) is 2. The Bertz CT molecular complexity index is 1390. The van der Waals surface area contributed by atoms with Crippen molar-refractivity contribution in [3.05, 3.63) is 54.6 Å². The van der Waals surface area contributed by atoms with E-state index in [0.29, 0.717) is 10.8 Å². The molecule has 0 fully saturated rings. The minimum Gasteiger partial charge on any atom is -0.744 e. The Balaban J connectivity index is 0.00000306. The van der Waals surface area contributed by atoms with Gasteiger partial charge in [0.2, 0.25) is 0 Å². The number of sulfone groups is 1. The molecule has 0 aliphatic rings. The van der Waals surface area contributed by atoms with Gasteiger partial charge in [-0.2, -0.15) is 5.11 Å². The molecule has 0 saturated carbocycles. The van der Waals surface area contributed by atoms with Gasteiger partial charge in [0.25, 0.3) is 0 Å². The van der Waals surface area contributed by atoms with Gasteiger partial charge in [-0.25, -0.2) is 16.8 Å². The number of benzene rings is 3. The summed E-state index contributed by atoms with van der Waals surface area (Å²) < 4.78 is 67.9. The van der Waals surface area contributed by atoms with Crippen molar-refractivity contribution in [1.82, 2.24) is 0 Å². The first kappa shape index (κ1) is 32.4. The predicted molar refractivity (Wildman–Crippen MR) is 115 cm³/mol. The zero-order valence-electron chi connectivity index (χ0n) is 18.5. The van der Waals surface area contributed by atoms with E-state index >= 15 is 0 Å². The minimum atomic E-state index is -4.85. The van der Waals surface area contributed by atoms with Gasteiger partial charge >= 0.3 is 59.1 Å². The van der Waals surface area contributed by atoms with Crippen LogP contribution in [0.3, 0.4) is 0 Å². The van der Waals surface area contributed by atoms with Crippen LogP contribution in [0.4, 0.5) is 17.1 Å². The smallest absolute Gasteiger partial charge is 0.744 e. The Morgan fingerprint density at radius 3 is 2.17 bits per heavy atom. The molecule has 0 spiro atoms. The summed E-state index contributed by atoms with van der Waals surface area (Å²) in [4.78, 5) is -0.613. The van der Waals surface area contributed by atoms with E-state index in [9.17, 15) is 26.6 Å². The molecule has 3 aromatic carbocycles. The number of anilines is 1. The summed E-state index contributed by atoms with van der Waals surface area (Å²) >= 11 is 0.208. The molecule has 0 atom stereocenters. The van der Waals surface area contributed by atoms with Crippen molar-refractivity contribution < 1.29 is 99.3 Å². The third-order valence-corrected chi connectivity index (χ3v) is 7.25. The summed E-state index contributed by atoms with van der Waals surface area (Å²) in [5, 5.41) is 21.5. The Kier molecular flexibility index (Phi) is 13.3. The van der Waals surface area contributed by atoms with Crippen molar-refractivity contribution in [3.63, 3.8) is 0 Å². The molecule has 0 saturated heterocycles. The maximum Gasteiger partial charge on any atom is 1.00 e. The van der Waals surface area contributed by atoms with Crippen molar-refractivity contribution in [2.45, 2.75) is 9.79 Å². The standard InChI is InChI=1S/C18H17N3O9S3.2Na/c19-18-15-4-2-1-3-14(15)16(11-17(18)33(25,26)27)21-20-12-5-7-13(8-6-12)32(23,24)10-9-28-31-30-29-22;;/h1-8,11,22H,9-10,19H2,(H,25,26,27);;/q;2*+1/p-2. The summed E-state index contributed by atoms with van der Waals surface area (Å²) in [6.45, 7) is -0.257. The topological polar surface area (TPSA) is 193 Å². The predicted octanol–water partition coefficient (Wildman–Crippen LogP) is -3.67. The molecule has 0 heterocycles. The number of nitrogen functional groups attached to an aromatic ring is 1. The SMILES string of the molecule is Nc1c(S(=O)(=O)[O-])cc(N=Nc2ccc(S(=O)(=O)CCOSOO[O-])cc2)c2ccccc12.[Na+].[Na+]. The molecule has 2 N–H and O–H groups in total. The molecule has 3 aromatic rings. The van der Waals surface area contributed by atoms with Crippen molar-refractivity contribution in [1.29, 1.82) is 0 Å². The first-order chi connectivity index (χ1) is 15.6. The van der Waals surface area contributed by atoms with Crippen LogP contribution in [-0.2, 0) is 33.5 Å². The van der Waals surface area contributed by atoms with E-state index in [0.717, 1.165) is 6.07 Å². The van der Waals surface area contributed by atoms with Gasteiger partial charge in [0.1, 0.15) is 10.1 Å². The van der Waals surface area contributed by atoms with Gasteiger partial charge in [0.05, 0.1) is 39.2 Å². The number of azo groups is 1. The van der Waals surface area contributed by atoms with Gasteiger partial charge in [-0.1, -0.05) is 24.3 Å². The molecule has 0 amide bonds. The van der Waals surface area contributed by atoms with Crippen molar-refractivity contribution >= 4 is 60.1 Å². The zero-order valence-corrected chi connectivity index (χ0v) is 24.9. The number of hydrogen-bond donors (Lipinski definition) is 1. The summed E-state index contributed by atoms with van der Waals surface area (Å²) in [5.41, 5.74) is 6.05. The monoisotopic (exact) mass is 559 g/mol. The van der Waals surface area contributed by atoms with Crippen LogP contribution in [-0.4, -0.2) is 33.7 Å². The minimum absolute atomic E-state index is 0. The Morgan fingerprint density at radius 2 is 1.57 bits per heavy atom. The van der Waals surface area contributed by atoms with E-state index < -0.39 is 24.9 Å². The number of rotatable bonds is 10. The fraction of sp³-hybridized carbons (Fsp3) is 0.111. The molecule has 0 bridgehead atoms. The Morgan fingerprint density at radius 1 is 0.943 bits per heavy atom. The van der Waals surface area contributed by atoms with E-state index in [4.69, 9.17) is 9.92 Å². The Labute approximate surface area is 249 Å². The summed E-state index contributed by atoms with van der Waals surface area (Å²) in [6, 6.07) is 13.0. The number of fused-ring (bicyclic) bond motifs is 1. The molecular weight excluding hydrogens is 544 g/mol. The molecule has 0 aromatic heterocycles. The van der Waals surface area contributed by atoms with Crippen molar-refractivity contribution in [3.8, 4) is 0 Å². The fourth-order valence-corrected chi connectivity index (χ4v) is 4.84. The second-order valence-electron chi connectivity index (χ2n) is 6.35. The molecule has 35 heavy (non-hydrogen) atoms. The quantitative estimate of drug-likeness (QED) is 0.0376. The van der Waals surface area contributed by atoms with Gasteiger partial charge in [-0.05, 0) is 30.3 Å². The first-order valence-corrected chi connectivity index (χ1v) is 12.6. The Hall–Kier alpha value is -0.630. The molecule has 17 heteroatoms. The average Bonchev–Trinajstić information content (AvgIpc) is 2.78. The van der Waals surface area contributed by atoms with Gasteiger partial charge < -0.3 is 15.5 Å². The third kappa shape index (κ3) is 8.72. The van der Waals surface area contributed by atoms with Crippen LogP contribution in [0.15, 0.2) is 74.6 Å². The molecule has 0 radical (unpaired) electrons. The largest absolute Gasteiger partial charge is 1.00 e. The molecule has 0 aliphatic heterocycles. The third-order valence-electron chi connectivity index (χ3n) is 4.30. The van der Waals surface area contributed by atoms with E-state index in [1.807, 2.05) is 0 Å². The van der Waals surface area contributed by atoms with Crippen LogP contribution in [0, 0.1) is 0 Å². The first-order valence-electron chi connectivity index (χ1n) is 8.90. The van der Waals surface area contributed by atoms with Gasteiger partial charge in [0, 0.05) is 10.8 Å². The van der Waals surface area contributed by atoms with Crippen molar-refractivity contribution in [2.75, 3.05) is 18.1 Å². The number of nitrogens with two attached hydrogens (primary N) is 1. The maximum atomic E-state index is 12.3. The maximum absolute atomic E-state index is 12.3. The van der Waals surface area contributed by atoms with Crippen molar-refractivity contribution in [2.24, 2.45) is 10.2 Å². The summed E-state index contributed by atoms with van der Waals surface area (Å²) in [6.07, 6.45) is 0. The van der Waals surface area contributed by atoms with E-state index in [1.54, 1.807) is 24.3 Å². The van der Waals surface area contributed by atoms with E-state index in [-0.39, 0.29) is 106 Å². The summed E-state index contributed by atoms with van der Waals surface area (Å²) in [7, 11) is -8.54. The molecule has 12 nitrogen and oxygen atoms in total. The average molecular weight is 560 g/mol. The second-order valence-corrected chi connectivity index (χ2v) is 10.3. The normalized spacial score (nSPS) is 11.8. The zero-order chi connectivity index (χ0) is 24.1. The van der Waals surface area contributed by atoms with Crippen LogP contribution >= 0.6 is 12.3 Å². The van der Waals surface area contributed by atoms with Crippen LogP contribution in [0.1, 0.15) is 0 Å². The van der Waals surface area contributed by atoms with E-state index in [1.165, 1.54) is 24.3 Å². The van der Waals surface area contributed by atoms with Crippen LogP contribution in [0.25, 0.3) is 10.8 Å². The van der Waals surface area contributed by atoms with Gasteiger partial charge in [0.15, 0.2) is 22.2 Å². The fourth-order valence-electron chi connectivity index (χ4n) is 2.80. The van der Waals surface area contributed by atoms with Crippen LogP contribution in [0.5, 0.6) is 0 Å². The van der Waals surface area contributed by atoms with Gasteiger partial charge in [-0.3, -0.25) is 9.22 Å². The molecule has 3 rings (SSSR count). The van der Waals surface area contributed by atoms with Crippen LogP contribution < -0.4 is 70.1 Å². The van der Waals surface area contributed by atoms with E-state index in [2.05, 4.69) is 19.6 Å². The second kappa shape index (κ2) is 14.3. The molecule has 176 valence electrons. The molecular formula is C18H15N3Na2O9S3. The number of hydrogen-bond acceptors (Lipinski definition) is 13. The van der Waals surface area contributed by atoms with Crippen LogP contribution in [0.2, 0.25) is 0 Å². The summed E-state index contributed by atoms with van der Waals surface area (Å²) in [5.74, 6) is -0.382. The van der Waals surface area contributed by atoms with Gasteiger partial charge in [-0.15, -0.1) is 9.45 Å².